The zero-order valence-corrected chi connectivity index (χ0v) is 15.5. The molecule has 3 heterocycles. The molecule has 2 nitrogen and oxygen atoms in total. The Morgan fingerprint density at radius 3 is 2.54 bits per heavy atom. The molecule has 0 amide bonds. The topological polar surface area (TPSA) is 6.48 Å². The van der Waals surface area contributed by atoms with Crippen LogP contribution in [0.25, 0.3) is 29.6 Å². The molecule has 2 aromatic heterocycles. The fourth-order valence-electron chi connectivity index (χ4n) is 3.59. The van der Waals surface area contributed by atoms with Gasteiger partial charge in [0.05, 0.1) is 4.01 Å². The van der Waals surface area contributed by atoms with Crippen molar-refractivity contribution in [1.82, 2.24) is 4.90 Å². The van der Waals surface area contributed by atoms with E-state index in [0.717, 1.165) is 0 Å². The monoisotopic (exact) mass is 350 g/mol. The van der Waals surface area contributed by atoms with Crippen molar-refractivity contribution in [3.63, 3.8) is 0 Å². The first-order chi connectivity index (χ1) is 11.6. The van der Waals surface area contributed by atoms with Gasteiger partial charge in [-0.05, 0) is 37.6 Å². The van der Waals surface area contributed by atoms with Crippen LogP contribution in [0.5, 0.6) is 0 Å². The standard InChI is InChI=1S/C20H18N2S2/c1-12-10-15-18(11-16(12)22-9-8-21(3)13(22)2)24-20-19(15)14-6-4-5-7-17(14)23-20/h4-11,13H,1-3H3/t13-/m0/s1. The van der Waals surface area contributed by atoms with Crippen LogP contribution in [0.1, 0.15) is 12.5 Å². The number of hydrogen-bond acceptors (Lipinski definition) is 4. The van der Waals surface area contributed by atoms with Crippen LogP contribution in [0.15, 0.2) is 48.8 Å². The summed E-state index contributed by atoms with van der Waals surface area (Å²) >= 11 is 3.84. The van der Waals surface area contributed by atoms with Crippen molar-refractivity contribution in [3.05, 3.63) is 54.4 Å². The Hall–Kier alpha value is -2.04. The molecule has 0 unspecified atom stereocenters. The Balaban J connectivity index is 1.77. The molecule has 1 aliphatic rings. The van der Waals surface area contributed by atoms with Gasteiger partial charge in [0.2, 0.25) is 0 Å². The molecule has 0 spiro atoms. The lowest BCUT2D eigenvalue weighted by atomic mass is 10.1. The second-order valence-electron chi connectivity index (χ2n) is 6.50. The molecular formula is C20H18N2S2. The molecule has 0 fully saturated rings. The predicted octanol–water partition coefficient (Wildman–Crippen LogP) is 6.15. The van der Waals surface area contributed by atoms with E-state index in [9.17, 15) is 0 Å². The van der Waals surface area contributed by atoms with E-state index in [-0.39, 0.29) is 0 Å². The van der Waals surface area contributed by atoms with Crippen molar-refractivity contribution in [2.24, 2.45) is 0 Å². The number of hydrogen-bond donors (Lipinski definition) is 0. The van der Waals surface area contributed by atoms with Crippen LogP contribution >= 0.6 is 22.7 Å². The highest BCUT2D eigenvalue weighted by molar-refractivity contribution is 7.44. The molecule has 1 atom stereocenters. The van der Waals surface area contributed by atoms with Crippen molar-refractivity contribution in [1.29, 1.82) is 0 Å². The number of thiophene rings is 2. The van der Waals surface area contributed by atoms with Gasteiger partial charge >= 0.3 is 0 Å². The van der Waals surface area contributed by atoms with Gasteiger partial charge in [-0.3, -0.25) is 0 Å². The van der Waals surface area contributed by atoms with Crippen LogP contribution < -0.4 is 4.90 Å². The molecule has 0 saturated heterocycles. The van der Waals surface area contributed by atoms with Crippen molar-refractivity contribution in [2.45, 2.75) is 20.0 Å². The largest absolute Gasteiger partial charge is 0.359 e. The first-order valence-electron chi connectivity index (χ1n) is 8.16. The minimum absolute atomic E-state index is 0.364. The summed E-state index contributed by atoms with van der Waals surface area (Å²) in [7, 11) is 2.13. The number of anilines is 1. The highest BCUT2D eigenvalue weighted by Gasteiger charge is 2.22. The third kappa shape index (κ3) is 1.87. The minimum Gasteiger partial charge on any atom is -0.359 e. The van der Waals surface area contributed by atoms with Crippen LogP contribution in [0.2, 0.25) is 0 Å². The molecule has 4 aromatic rings. The Labute approximate surface area is 149 Å². The summed E-state index contributed by atoms with van der Waals surface area (Å²) < 4.78 is 4.21. The maximum Gasteiger partial charge on any atom is 0.102 e. The van der Waals surface area contributed by atoms with Crippen LogP contribution in [0, 0.1) is 6.92 Å². The van der Waals surface area contributed by atoms with E-state index in [1.807, 2.05) is 22.7 Å². The smallest absolute Gasteiger partial charge is 0.102 e. The molecule has 0 N–H and O–H groups in total. The molecule has 2 aromatic carbocycles. The summed E-state index contributed by atoms with van der Waals surface area (Å²) in [5.74, 6) is 0. The first kappa shape index (κ1) is 14.3. The zero-order chi connectivity index (χ0) is 16.4. The number of nitrogens with zero attached hydrogens (tertiary/aromatic N) is 2. The van der Waals surface area contributed by atoms with Gasteiger partial charge in [-0.2, -0.15) is 0 Å². The summed E-state index contributed by atoms with van der Waals surface area (Å²) in [6.07, 6.45) is 4.70. The lowest BCUT2D eigenvalue weighted by Crippen LogP contribution is -2.33. The summed E-state index contributed by atoms with van der Waals surface area (Å²) in [5.41, 5.74) is 2.65. The molecule has 120 valence electrons. The lowest BCUT2D eigenvalue weighted by molar-refractivity contribution is 0.383. The lowest BCUT2D eigenvalue weighted by Gasteiger charge is -2.28. The third-order valence-electron chi connectivity index (χ3n) is 5.07. The van der Waals surface area contributed by atoms with Gasteiger partial charge in [-0.15, -0.1) is 22.7 Å². The van der Waals surface area contributed by atoms with E-state index in [0.29, 0.717) is 6.17 Å². The summed E-state index contributed by atoms with van der Waals surface area (Å²) in [6.45, 7) is 4.47. The highest BCUT2D eigenvalue weighted by Crippen LogP contribution is 2.46. The number of fused-ring (bicyclic) bond motifs is 5. The van der Waals surface area contributed by atoms with E-state index >= 15 is 0 Å². The Morgan fingerprint density at radius 1 is 0.958 bits per heavy atom. The van der Waals surface area contributed by atoms with E-state index in [4.69, 9.17) is 0 Å². The average Bonchev–Trinajstić information content (AvgIpc) is 3.20. The number of aryl methyl sites for hydroxylation is 1. The molecule has 1 aliphatic heterocycles. The van der Waals surface area contributed by atoms with Gasteiger partial charge < -0.3 is 9.80 Å². The predicted molar refractivity (Wildman–Crippen MR) is 108 cm³/mol. The number of rotatable bonds is 1. The maximum atomic E-state index is 2.38. The molecule has 0 radical (unpaired) electrons. The fraction of sp³-hybridized carbons (Fsp3) is 0.200. The molecule has 0 saturated carbocycles. The van der Waals surface area contributed by atoms with E-state index in [1.54, 1.807) is 0 Å². The van der Waals surface area contributed by atoms with Gasteiger partial charge in [0.15, 0.2) is 0 Å². The van der Waals surface area contributed by atoms with E-state index < -0.39 is 0 Å². The summed E-state index contributed by atoms with van der Waals surface area (Å²) in [6, 6.07) is 13.5. The van der Waals surface area contributed by atoms with E-state index in [2.05, 4.69) is 79.5 Å². The molecule has 0 aliphatic carbocycles. The van der Waals surface area contributed by atoms with Gasteiger partial charge in [0, 0.05) is 50.7 Å². The van der Waals surface area contributed by atoms with Crippen molar-refractivity contribution >= 4 is 57.9 Å². The maximum absolute atomic E-state index is 2.38. The fourth-order valence-corrected chi connectivity index (χ4v) is 6.21. The van der Waals surface area contributed by atoms with Crippen molar-refractivity contribution in [3.8, 4) is 0 Å². The van der Waals surface area contributed by atoms with Gasteiger partial charge in [0.1, 0.15) is 6.17 Å². The summed E-state index contributed by atoms with van der Waals surface area (Å²) in [4.78, 5) is 4.60. The average molecular weight is 351 g/mol. The Morgan fingerprint density at radius 2 is 1.75 bits per heavy atom. The van der Waals surface area contributed by atoms with Crippen molar-refractivity contribution in [2.75, 3.05) is 11.9 Å². The van der Waals surface area contributed by atoms with Gasteiger partial charge in [-0.1, -0.05) is 18.2 Å². The van der Waals surface area contributed by atoms with Crippen LogP contribution in [-0.2, 0) is 0 Å². The van der Waals surface area contributed by atoms with Crippen LogP contribution in [0.3, 0.4) is 0 Å². The van der Waals surface area contributed by atoms with E-state index in [1.165, 1.54) is 40.8 Å². The SMILES string of the molecule is Cc1cc2c(cc1N1C=CN(C)[C@@H]1C)sc1sc3ccccc3c12. The van der Waals surface area contributed by atoms with Gasteiger partial charge in [-0.25, -0.2) is 0 Å². The van der Waals surface area contributed by atoms with Crippen molar-refractivity contribution < 1.29 is 0 Å². The molecule has 4 heteroatoms. The minimum atomic E-state index is 0.364. The quantitative estimate of drug-likeness (QED) is 0.406. The van der Waals surface area contributed by atoms with Gasteiger partial charge in [0.25, 0.3) is 0 Å². The van der Waals surface area contributed by atoms with Crippen LogP contribution in [0.4, 0.5) is 5.69 Å². The van der Waals surface area contributed by atoms with Crippen LogP contribution in [-0.4, -0.2) is 18.1 Å². The Bertz CT molecular complexity index is 1120. The molecule has 0 bridgehead atoms. The Kier molecular flexibility index (Phi) is 2.97. The number of benzene rings is 2. The molecule has 24 heavy (non-hydrogen) atoms. The zero-order valence-electron chi connectivity index (χ0n) is 13.9. The second kappa shape index (κ2) is 4.98. The second-order valence-corrected chi connectivity index (χ2v) is 8.86. The molecule has 5 rings (SSSR count). The normalized spacial score (nSPS) is 17.9. The molecular weight excluding hydrogens is 332 g/mol. The third-order valence-corrected chi connectivity index (χ3v) is 7.48. The summed E-state index contributed by atoms with van der Waals surface area (Å²) in [5, 5.41) is 4.23. The first-order valence-corrected chi connectivity index (χ1v) is 9.80. The highest BCUT2D eigenvalue weighted by atomic mass is 32.2.